The number of allylic oxidation sites excluding steroid dienone is 12. The Kier molecular flexibility index (Phi) is 4.50. The maximum Gasteiger partial charge on any atom is 0.106 e. The van der Waals surface area contributed by atoms with Gasteiger partial charge in [0.1, 0.15) is 5.76 Å². The molecule has 5 heteroatoms. The van der Waals surface area contributed by atoms with Crippen molar-refractivity contribution in [1.82, 2.24) is 5.32 Å². The fourth-order valence-electron chi connectivity index (χ4n) is 5.71. The minimum Gasteiger partial charge on any atom is -0.511 e. The standard InChI is InChI=1S/C29H30N4O/c1-7-18-16(5)23-11-22-15(4)14(3)21(31-22)10-20-13(2)8-25(30-20)19-9-27(34)28-17(6)24(33-29(19)28)12-26(18)32-23/h10-13,30,34H,7-9H2,1-6H3. The first-order valence-electron chi connectivity index (χ1n) is 12.2. The van der Waals surface area contributed by atoms with Crippen LogP contribution >= 0.6 is 0 Å². The van der Waals surface area contributed by atoms with Crippen LogP contribution in [0.25, 0.3) is 0 Å². The first-order valence-corrected chi connectivity index (χ1v) is 12.2. The Bertz CT molecular complexity index is 1440. The zero-order valence-electron chi connectivity index (χ0n) is 20.7. The lowest BCUT2D eigenvalue weighted by molar-refractivity contribution is 0.400. The molecule has 5 nitrogen and oxygen atoms in total. The molecule has 1 aliphatic carbocycles. The van der Waals surface area contributed by atoms with Crippen molar-refractivity contribution in [2.45, 2.75) is 60.8 Å². The van der Waals surface area contributed by atoms with Gasteiger partial charge in [0.2, 0.25) is 0 Å². The van der Waals surface area contributed by atoms with Gasteiger partial charge in [-0.2, -0.15) is 0 Å². The summed E-state index contributed by atoms with van der Waals surface area (Å²) < 4.78 is 0. The van der Waals surface area contributed by atoms with E-state index in [9.17, 15) is 5.11 Å². The molecule has 6 aliphatic rings. The summed E-state index contributed by atoms with van der Waals surface area (Å²) in [5, 5.41) is 14.6. The van der Waals surface area contributed by atoms with Gasteiger partial charge in [0.05, 0.1) is 34.2 Å². The van der Waals surface area contributed by atoms with Gasteiger partial charge in [-0.15, -0.1) is 0 Å². The van der Waals surface area contributed by atoms with E-state index in [1.54, 1.807) is 0 Å². The third-order valence-corrected chi connectivity index (χ3v) is 8.00. The highest BCUT2D eigenvalue weighted by molar-refractivity contribution is 6.21. The molecule has 1 atom stereocenters. The van der Waals surface area contributed by atoms with Gasteiger partial charge >= 0.3 is 0 Å². The molecule has 5 aliphatic heterocycles. The minimum atomic E-state index is 0.350. The number of rotatable bonds is 1. The van der Waals surface area contributed by atoms with Crippen LogP contribution in [0.4, 0.5) is 0 Å². The monoisotopic (exact) mass is 450 g/mol. The summed E-state index contributed by atoms with van der Waals surface area (Å²) in [6, 6.07) is 0. The number of nitrogens with zero attached hydrogens (tertiary/aromatic N) is 3. The Morgan fingerprint density at radius 1 is 0.912 bits per heavy atom. The molecular weight excluding hydrogens is 420 g/mol. The Balaban J connectivity index is 1.62. The van der Waals surface area contributed by atoms with Crippen LogP contribution in [0.1, 0.15) is 60.8 Å². The number of fused-ring (bicyclic) bond motifs is 5. The summed E-state index contributed by atoms with van der Waals surface area (Å²) in [5.41, 5.74) is 15.9. The van der Waals surface area contributed by atoms with Crippen molar-refractivity contribution in [2.75, 3.05) is 0 Å². The lowest BCUT2D eigenvalue weighted by Crippen LogP contribution is -2.11. The molecule has 1 fully saturated rings. The van der Waals surface area contributed by atoms with Gasteiger partial charge in [-0.3, -0.25) is 0 Å². The van der Waals surface area contributed by atoms with Crippen molar-refractivity contribution in [3.05, 3.63) is 91.5 Å². The van der Waals surface area contributed by atoms with E-state index in [1.807, 2.05) is 0 Å². The van der Waals surface area contributed by atoms with Crippen molar-refractivity contribution < 1.29 is 5.11 Å². The smallest absolute Gasteiger partial charge is 0.106 e. The van der Waals surface area contributed by atoms with E-state index in [4.69, 9.17) is 15.0 Å². The minimum absolute atomic E-state index is 0.350. The number of aliphatic hydroxyl groups excluding tert-OH is 1. The molecule has 5 heterocycles. The average Bonchev–Trinajstić information content (AvgIpc) is 3.55. The quantitative estimate of drug-likeness (QED) is 0.482. The topological polar surface area (TPSA) is 69.3 Å². The molecular formula is C29H30N4O. The summed E-state index contributed by atoms with van der Waals surface area (Å²) in [7, 11) is 0. The lowest BCUT2D eigenvalue weighted by Gasteiger charge is -2.07. The second kappa shape index (κ2) is 7.26. The summed E-state index contributed by atoms with van der Waals surface area (Å²) >= 11 is 0. The molecule has 0 aromatic rings. The molecule has 1 saturated heterocycles. The van der Waals surface area contributed by atoms with Crippen LogP contribution in [0.15, 0.2) is 106 Å². The van der Waals surface area contributed by atoms with E-state index >= 15 is 0 Å². The second-order valence-electron chi connectivity index (χ2n) is 10.0. The zero-order chi connectivity index (χ0) is 23.9. The number of nitrogens with one attached hydrogen (secondary N) is 1. The maximum absolute atomic E-state index is 10.9. The van der Waals surface area contributed by atoms with E-state index in [2.05, 4.69) is 65.1 Å². The van der Waals surface area contributed by atoms with Crippen molar-refractivity contribution in [1.29, 1.82) is 0 Å². The molecule has 0 spiro atoms. The van der Waals surface area contributed by atoms with E-state index in [-0.39, 0.29) is 0 Å². The van der Waals surface area contributed by atoms with Gasteiger partial charge in [-0.25, -0.2) is 15.0 Å². The van der Waals surface area contributed by atoms with E-state index < -0.39 is 0 Å². The van der Waals surface area contributed by atoms with Gasteiger partial charge in [0, 0.05) is 34.9 Å². The Hall–Kier alpha value is -3.47. The zero-order valence-corrected chi connectivity index (χ0v) is 20.7. The number of aliphatic imine (C=N–C) groups is 3. The molecule has 0 saturated carbocycles. The predicted octanol–water partition coefficient (Wildman–Crippen LogP) is 6.45. The van der Waals surface area contributed by atoms with Crippen molar-refractivity contribution in [2.24, 2.45) is 20.9 Å². The molecule has 1 unspecified atom stereocenters. The van der Waals surface area contributed by atoms with Crippen molar-refractivity contribution >= 4 is 17.1 Å². The van der Waals surface area contributed by atoms with E-state index in [0.29, 0.717) is 18.1 Å². The third kappa shape index (κ3) is 2.89. The van der Waals surface area contributed by atoms with Crippen LogP contribution in [0.5, 0.6) is 0 Å². The number of hydrogen-bond acceptors (Lipinski definition) is 5. The number of aliphatic hydroxyl groups is 1. The van der Waals surface area contributed by atoms with Crippen LogP contribution in [-0.4, -0.2) is 22.2 Å². The summed E-state index contributed by atoms with van der Waals surface area (Å²) in [6.45, 7) is 12.9. The molecule has 2 N–H and O–H groups in total. The third-order valence-electron chi connectivity index (χ3n) is 8.00. The summed E-state index contributed by atoms with van der Waals surface area (Å²) in [5.74, 6) is 0.767. The molecule has 34 heavy (non-hydrogen) atoms. The molecule has 8 bridgehead atoms. The second-order valence-corrected chi connectivity index (χ2v) is 10.0. The molecule has 6 rings (SSSR count). The lowest BCUT2D eigenvalue weighted by atomic mass is 9.99. The first kappa shape index (κ1) is 21.1. The average molecular weight is 451 g/mol. The fourth-order valence-corrected chi connectivity index (χ4v) is 5.71. The Morgan fingerprint density at radius 3 is 2.41 bits per heavy atom. The molecule has 0 amide bonds. The Labute approximate surface area is 200 Å². The summed E-state index contributed by atoms with van der Waals surface area (Å²) in [4.78, 5) is 15.1. The predicted molar refractivity (Wildman–Crippen MR) is 139 cm³/mol. The molecule has 172 valence electrons. The molecule has 0 aromatic carbocycles. The summed E-state index contributed by atoms with van der Waals surface area (Å²) in [6.07, 6.45) is 8.75. The highest BCUT2D eigenvalue weighted by atomic mass is 16.3. The SMILES string of the molecule is CCC1=C(C)C2=NC1=CC1=C(C)C3=C(O)CC(=C4CC(C)C(=CC5=NC(=C2)C(C)=C5C)N4)C3=N1. The highest BCUT2D eigenvalue weighted by Crippen LogP contribution is 2.43. The van der Waals surface area contributed by atoms with E-state index in [0.717, 1.165) is 69.5 Å². The largest absolute Gasteiger partial charge is 0.511 e. The van der Waals surface area contributed by atoms with Crippen LogP contribution in [0.2, 0.25) is 0 Å². The van der Waals surface area contributed by atoms with Gasteiger partial charge in [-0.05, 0) is 86.6 Å². The maximum atomic E-state index is 10.9. The normalized spacial score (nSPS) is 25.8. The van der Waals surface area contributed by atoms with Crippen LogP contribution < -0.4 is 5.32 Å². The van der Waals surface area contributed by atoms with Crippen molar-refractivity contribution in [3.8, 4) is 0 Å². The number of hydrogen-bond donors (Lipinski definition) is 2. The Morgan fingerprint density at radius 2 is 1.65 bits per heavy atom. The van der Waals surface area contributed by atoms with Gasteiger partial charge < -0.3 is 10.4 Å². The van der Waals surface area contributed by atoms with E-state index in [1.165, 1.54) is 28.0 Å². The first-order chi connectivity index (χ1) is 16.3. The van der Waals surface area contributed by atoms with Gasteiger partial charge in [0.15, 0.2) is 0 Å². The van der Waals surface area contributed by atoms with Crippen molar-refractivity contribution in [3.63, 3.8) is 0 Å². The van der Waals surface area contributed by atoms with Gasteiger partial charge in [0.25, 0.3) is 0 Å². The van der Waals surface area contributed by atoms with Gasteiger partial charge in [-0.1, -0.05) is 13.8 Å². The van der Waals surface area contributed by atoms with Crippen LogP contribution in [0.3, 0.4) is 0 Å². The molecule has 0 aromatic heterocycles. The molecule has 0 radical (unpaired) electrons. The van der Waals surface area contributed by atoms with Crippen LogP contribution in [0, 0.1) is 5.92 Å². The highest BCUT2D eigenvalue weighted by Gasteiger charge is 2.37. The van der Waals surface area contributed by atoms with Crippen LogP contribution in [-0.2, 0) is 0 Å². The fraction of sp³-hybridized carbons (Fsp3) is 0.345.